The van der Waals surface area contributed by atoms with E-state index in [1.165, 1.54) is 122 Å². The summed E-state index contributed by atoms with van der Waals surface area (Å²) in [5.41, 5.74) is 23.6. The van der Waals surface area contributed by atoms with Crippen LogP contribution in [0.1, 0.15) is 44.5 Å². The predicted octanol–water partition coefficient (Wildman–Crippen LogP) is 14.8. The molecule has 0 fully saturated rings. The second kappa shape index (κ2) is 13.1. The van der Waals surface area contributed by atoms with Crippen LogP contribution in [0.2, 0.25) is 0 Å². The highest BCUT2D eigenvalue weighted by Gasteiger charge is 2.22. The highest BCUT2D eigenvalue weighted by Crippen LogP contribution is 2.47. The molecular formula is C52H46. The van der Waals surface area contributed by atoms with Crippen LogP contribution in [0.3, 0.4) is 0 Å². The average Bonchev–Trinajstić information content (AvgIpc) is 3.13. The Morgan fingerprint density at radius 1 is 0.250 bits per heavy atom. The standard InChI is InChI=1S/C52H46/c1-31-17-13-18-32(2)49(31)43-27-15-25-41(35(43)5)47-29-39-21-9-11-23-45(39)51(37(47)7)52-38(8)48(30-40-22-10-12-24-46(40)52)42-26-16-28-44(36(42)6)50-33(3)19-14-20-34(50)4/h9-30H,1-8H3. The van der Waals surface area contributed by atoms with Crippen molar-refractivity contribution in [1.29, 1.82) is 0 Å². The molecule has 8 rings (SSSR count). The third kappa shape index (κ3) is 5.37. The van der Waals surface area contributed by atoms with Crippen LogP contribution in [0.15, 0.2) is 133 Å². The lowest BCUT2D eigenvalue weighted by molar-refractivity contribution is 1.34. The molecule has 0 heteroatoms. The van der Waals surface area contributed by atoms with Crippen LogP contribution in [0, 0.1) is 55.4 Å². The summed E-state index contributed by atoms with van der Waals surface area (Å²) in [4.78, 5) is 0. The Balaban J connectivity index is 1.43. The Bertz CT molecular complexity index is 2470. The molecule has 0 aromatic heterocycles. The number of benzene rings is 8. The van der Waals surface area contributed by atoms with Gasteiger partial charge in [0.1, 0.15) is 0 Å². The van der Waals surface area contributed by atoms with Gasteiger partial charge in [-0.1, -0.05) is 121 Å². The van der Waals surface area contributed by atoms with E-state index in [2.05, 4.69) is 189 Å². The zero-order valence-electron chi connectivity index (χ0n) is 31.7. The molecule has 0 aliphatic carbocycles. The molecule has 0 N–H and O–H groups in total. The summed E-state index contributed by atoms with van der Waals surface area (Å²) >= 11 is 0. The van der Waals surface area contributed by atoms with Gasteiger partial charge >= 0.3 is 0 Å². The van der Waals surface area contributed by atoms with Crippen molar-refractivity contribution in [3.8, 4) is 55.6 Å². The van der Waals surface area contributed by atoms with Crippen molar-refractivity contribution < 1.29 is 0 Å². The molecule has 254 valence electrons. The first-order valence-corrected chi connectivity index (χ1v) is 18.5. The summed E-state index contributed by atoms with van der Waals surface area (Å²) in [7, 11) is 0. The Kier molecular flexibility index (Phi) is 8.43. The van der Waals surface area contributed by atoms with Crippen molar-refractivity contribution in [3.63, 3.8) is 0 Å². The third-order valence-corrected chi connectivity index (χ3v) is 11.6. The summed E-state index contributed by atoms with van der Waals surface area (Å²) in [6.07, 6.45) is 0. The number of rotatable bonds is 5. The van der Waals surface area contributed by atoms with Gasteiger partial charge in [0.05, 0.1) is 0 Å². The molecule has 0 radical (unpaired) electrons. The minimum atomic E-state index is 1.26. The third-order valence-electron chi connectivity index (χ3n) is 11.6. The van der Waals surface area contributed by atoms with Crippen LogP contribution < -0.4 is 0 Å². The van der Waals surface area contributed by atoms with Crippen molar-refractivity contribution in [2.24, 2.45) is 0 Å². The van der Waals surface area contributed by atoms with Gasteiger partial charge in [-0.2, -0.15) is 0 Å². The van der Waals surface area contributed by atoms with Crippen molar-refractivity contribution in [2.45, 2.75) is 55.4 Å². The number of fused-ring (bicyclic) bond motifs is 2. The second-order valence-electron chi connectivity index (χ2n) is 14.8. The Morgan fingerprint density at radius 3 is 0.962 bits per heavy atom. The Labute approximate surface area is 309 Å². The van der Waals surface area contributed by atoms with E-state index in [4.69, 9.17) is 0 Å². The molecule has 0 nitrogen and oxygen atoms in total. The van der Waals surface area contributed by atoms with Crippen LogP contribution in [-0.4, -0.2) is 0 Å². The number of hydrogen-bond acceptors (Lipinski definition) is 0. The molecule has 0 saturated carbocycles. The molecule has 0 spiro atoms. The van der Waals surface area contributed by atoms with E-state index in [1.807, 2.05) is 0 Å². The highest BCUT2D eigenvalue weighted by molar-refractivity contribution is 6.12. The molecular weight excluding hydrogens is 625 g/mol. The predicted molar refractivity (Wildman–Crippen MR) is 227 cm³/mol. The molecule has 0 heterocycles. The van der Waals surface area contributed by atoms with Gasteiger partial charge in [0.2, 0.25) is 0 Å². The molecule has 0 bridgehead atoms. The van der Waals surface area contributed by atoms with E-state index in [0.717, 1.165) is 0 Å². The van der Waals surface area contributed by atoms with E-state index in [0.29, 0.717) is 0 Å². The first-order chi connectivity index (χ1) is 25.2. The van der Waals surface area contributed by atoms with Crippen molar-refractivity contribution in [2.75, 3.05) is 0 Å². The summed E-state index contributed by atoms with van der Waals surface area (Å²) in [5, 5.41) is 5.10. The number of hydrogen-bond donors (Lipinski definition) is 0. The summed E-state index contributed by atoms with van der Waals surface area (Å²) in [5.74, 6) is 0. The monoisotopic (exact) mass is 670 g/mol. The SMILES string of the molecule is Cc1cccc(C)c1-c1cccc(-c2cc3ccccc3c(-c3c(C)c(-c4cccc(-c5c(C)cccc5C)c4C)cc4ccccc34)c2C)c1C. The first-order valence-electron chi connectivity index (χ1n) is 18.5. The molecule has 0 saturated heterocycles. The van der Waals surface area contributed by atoms with Gasteiger partial charge < -0.3 is 0 Å². The number of aryl methyl sites for hydroxylation is 4. The highest BCUT2D eigenvalue weighted by atomic mass is 14.3. The van der Waals surface area contributed by atoms with Crippen LogP contribution >= 0.6 is 0 Å². The second-order valence-corrected chi connectivity index (χ2v) is 14.8. The maximum atomic E-state index is 2.42. The van der Waals surface area contributed by atoms with E-state index in [9.17, 15) is 0 Å². The van der Waals surface area contributed by atoms with Crippen molar-refractivity contribution in [3.05, 3.63) is 178 Å². The average molecular weight is 671 g/mol. The molecule has 0 aliphatic rings. The van der Waals surface area contributed by atoms with Crippen molar-refractivity contribution in [1.82, 2.24) is 0 Å². The van der Waals surface area contributed by atoms with Crippen molar-refractivity contribution >= 4 is 21.5 Å². The minimum absolute atomic E-state index is 1.26. The lowest BCUT2D eigenvalue weighted by Crippen LogP contribution is -1.99. The van der Waals surface area contributed by atoms with Gasteiger partial charge in [0, 0.05) is 0 Å². The van der Waals surface area contributed by atoms with Crippen LogP contribution in [0.4, 0.5) is 0 Å². The maximum Gasteiger partial charge on any atom is -0.00608 e. The van der Waals surface area contributed by atoms with E-state index in [1.54, 1.807) is 0 Å². The molecule has 8 aromatic rings. The molecule has 0 unspecified atom stereocenters. The lowest BCUT2D eigenvalue weighted by Gasteiger charge is -2.24. The Hall–Kier alpha value is -5.72. The van der Waals surface area contributed by atoms with E-state index >= 15 is 0 Å². The van der Waals surface area contributed by atoms with Crippen LogP contribution in [0.25, 0.3) is 77.2 Å². The van der Waals surface area contributed by atoms with Crippen LogP contribution in [-0.2, 0) is 0 Å². The van der Waals surface area contributed by atoms with E-state index < -0.39 is 0 Å². The fourth-order valence-electron chi connectivity index (χ4n) is 8.98. The fourth-order valence-corrected chi connectivity index (χ4v) is 8.98. The molecule has 0 aliphatic heterocycles. The van der Waals surface area contributed by atoms with Gasteiger partial charge in [0.15, 0.2) is 0 Å². The van der Waals surface area contributed by atoms with E-state index in [-0.39, 0.29) is 0 Å². The Morgan fingerprint density at radius 2 is 0.577 bits per heavy atom. The lowest BCUT2D eigenvalue weighted by atomic mass is 9.80. The zero-order valence-corrected chi connectivity index (χ0v) is 31.7. The summed E-state index contributed by atoms with van der Waals surface area (Å²) in [6.45, 7) is 18.2. The topological polar surface area (TPSA) is 0 Å². The first kappa shape index (κ1) is 33.4. The van der Waals surface area contributed by atoms with Gasteiger partial charge in [-0.3, -0.25) is 0 Å². The summed E-state index contributed by atoms with van der Waals surface area (Å²) in [6, 6.07) is 49.7. The zero-order chi connectivity index (χ0) is 36.3. The van der Waals surface area contributed by atoms with Gasteiger partial charge in [-0.25, -0.2) is 0 Å². The minimum Gasteiger partial charge on any atom is -0.0617 e. The van der Waals surface area contributed by atoms with Gasteiger partial charge in [0.25, 0.3) is 0 Å². The summed E-state index contributed by atoms with van der Waals surface area (Å²) < 4.78 is 0. The van der Waals surface area contributed by atoms with Gasteiger partial charge in [-0.05, 0) is 189 Å². The normalized spacial score (nSPS) is 11.5. The van der Waals surface area contributed by atoms with Crippen LogP contribution in [0.5, 0.6) is 0 Å². The fraction of sp³-hybridized carbons (Fsp3) is 0.154. The smallest absolute Gasteiger partial charge is 0.00608 e. The largest absolute Gasteiger partial charge is 0.0617 e. The van der Waals surface area contributed by atoms with Gasteiger partial charge in [-0.15, -0.1) is 0 Å². The quantitative estimate of drug-likeness (QED) is 0.171. The molecule has 52 heavy (non-hydrogen) atoms. The maximum absolute atomic E-state index is 2.42. The molecule has 0 atom stereocenters. The molecule has 0 amide bonds. The molecule has 8 aromatic carbocycles.